The lowest BCUT2D eigenvalue weighted by molar-refractivity contribution is -0.113. The van der Waals surface area contributed by atoms with Crippen LogP contribution in [-0.2, 0) is 9.53 Å². The number of ether oxygens (including phenoxy) is 1. The van der Waals surface area contributed by atoms with Crippen molar-refractivity contribution in [2.45, 2.75) is 0 Å². The van der Waals surface area contributed by atoms with Gasteiger partial charge in [0.05, 0.1) is 24.1 Å². The molecule has 4 rings (SSSR count). The fraction of sp³-hybridized carbons (Fsp3) is 0.0400. The van der Waals surface area contributed by atoms with E-state index in [1.54, 1.807) is 41.3 Å². The number of benzene rings is 3. The molecule has 0 fully saturated rings. The highest BCUT2D eigenvalue weighted by Gasteiger charge is 2.30. The lowest BCUT2D eigenvalue weighted by atomic mass is 10.1. The monoisotopic (exact) mass is 415 g/mol. The second-order valence-corrected chi connectivity index (χ2v) is 7.17. The Morgan fingerprint density at radius 3 is 2.40 bits per heavy atom. The van der Waals surface area contributed by atoms with Crippen LogP contribution in [0.2, 0.25) is 5.02 Å². The van der Waals surface area contributed by atoms with Gasteiger partial charge < -0.3 is 4.74 Å². The lowest BCUT2D eigenvalue weighted by Crippen LogP contribution is -2.25. The van der Waals surface area contributed by atoms with Gasteiger partial charge in [-0.05, 0) is 53.6 Å². The van der Waals surface area contributed by atoms with Crippen LogP contribution in [0.25, 0.3) is 11.8 Å². The molecule has 0 unspecified atom stereocenters. The van der Waals surface area contributed by atoms with Crippen molar-refractivity contribution in [3.05, 3.63) is 112 Å². The number of methoxy groups -OCH3 is 1. The first kappa shape index (κ1) is 19.7. The standard InChI is InChI=1S/C25H18ClNO3/c1-30-25(29)19-8-5-9-22(15-19)27-23(18-10-12-21(26)13-11-18)16-20(24(27)28)14-17-6-3-2-4-7-17/h2-16H,1H3/b20-14+. The van der Waals surface area contributed by atoms with E-state index in [2.05, 4.69) is 0 Å². The number of nitrogens with zero attached hydrogens (tertiary/aromatic N) is 1. The van der Waals surface area contributed by atoms with E-state index in [4.69, 9.17) is 16.3 Å². The molecule has 0 radical (unpaired) electrons. The Bertz CT molecular complexity index is 1160. The molecule has 4 nitrogen and oxygen atoms in total. The smallest absolute Gasteiger partial charge is 0.337 e. The van der Waals surface area contributed by atoms with Gasteiger partial charge in [0.15, 0.2) is 0 Å². The molecule has 30 heavy (non-hydrogen) atoms. The predicted molar refractivity (Wildman–Crippen MR) is 119 cm³/mol. The lowest BCUT2D eigenvalue weighted by Gasteiger charge is -2.21. The molecule has 1 aliphatic heterocycles. The number of anilines is 1. The molecule has 1 amide bonds. The third kappa shape index (κ3) is 3.91. The second-order valence-electron chi connectivity index (χ2n) is 6.73. The maximum atomic E-state index is 13.4. The highest BCUT2D eigenvalue weighted by Crippen LogP contribution is 2.36. The fourth-order valence-electron chi connectivity index (χ4n) is 3.32. The van der Waals surface area contributed by atoms with E-state index >= 15 is 0 Å². The summed E-state index contributed by atoms with van der Waals surface area (Å²) in [6.07, 6.45) is 3.70. The van der Waals surface area contributed by atoms with E-state index in [1.807, 2.05) is 54.6 Å². The fourth-order valence-corrected chi connectivity index (χ4v) is 3.45. The van der Waals surface area contributed by atoms with Crippen molar-refractivity contribution in [1.29, 1.82) is 0 Å². The number of hydrogen-bond acceptors (Lipinski definition) is 3. The number of halogens is 1. The maximum absolute atomic E-state index is 13.4. The van der Waals surface area contributed by atoms with Gasteiger partial charge in [-0.15, -0.1) is 0 Å². The number of carbonyl (C=O) groups excluding carboxylic acids is 2. The molecule has 0 saturated heterocycles. The van der Waals surface area contributed by atoms with Crippen LogP contribution in [0.4, 0.5) is 5.69 Å². The Morgan fingerprint density at radius 2 is 1.70 bits per heavy atom. The minimum absolute atomic E-state index is 0.175. The Hall–Kier alpha value is -3.63. The summed E-state index contributed by atoms with van der Waals surface area (Å²) in [5, 5.41) is 0.614. The molecule has 3 aromatic rings. The summed E-state index contributed by atoms with van der Waals surface area (Å²) in [5.41, 5.74) is 3.99. The predicted octanol–water partition coefficient (Wildman–Crippen LogP) is 5.60. The molecule has 0 saturated carbocycles. The number of esters is 1. The zero-order valence-corrected chi connectivity index (χ0v) is 17.0. The van der Waals surface area contributed by atoms with Gasteiger partial charge in [-0.3, -0.25) is 9.69 Å². The van der Waals surface area contributed by atoms with Crippen molar-refractivity contribution >= 4 is 40.9 Å². The molecule has 0 atom stereocenters. The van der Waals surface area contributed by atoms with Crippen LogP contribution in [0, 0.1) is 0 Å². The first-order valence-electron chi connectivity index (χ1n) is 9.34. The topological polar surface area (TPSA) is 46.6 Å². The molecule has 0 aromatic heterocycles. The summed E-state index contributed by atoms with van der Waals surface area (Å²) in [5.74, 6) is -0.633. The molecular formula is C25H18ClNO3. The molecular weight excluding hydrogens is 398 g/mol. The zero-order valence-electron chi connectivity index (χ0n) is 16.2. The van der Waals surface area contributed by atoms with Gasteiger partial charge in [0.2, 0.25) is 0 Å². The van der Waals surface area contributed by atoms with Crippen LogP contribution >= 0.6 is 11.6 Å². The highest BCUT2D eigenvalue weighted by molar-refractivity contribution is 6.30. The minimum Gasteiger partial charge on any atom is -0.465 e. The summed E-state index contributed by atoms with van der Waals surface area (Å²) in [4.78, 5) is 27.0. The second kappa shape index (κ2) is 8.39. The summed E-state index contributed by atoms with van der Waals surface area (Å²) in [6, 6.07) is 23.8. The van der Waals surface area contributed by atoms with Gasteiger partial charge in [0.25, 0.3) is 5.91 Å². The van der Waals surface area contributed by atoms with Crippen LogP contribution in [0.5, 0.6) is 0 Å². The van der Waals surface area contributed by atoms with Crippen LogP contribution in [0.3, 0.4) is 0 Å². The van der Waals surface area contributed by atoms with E-state index in [9.17, 15) is 9.59 Å². The van der Waals surface area contributed by atoms with E-state index in [1.165, 1.54) is 7.11 Å². The van der Waals surface area contributed by atoms with Crippen molar-refractivity contribution in [1.82, 2.24) is 0 Å². The average molecular weight is 416 g/mol. The van der Waals surface area contributed by atoms with Crippen LogP contribution < -0.4 is 4.90 Å². The average Bonchev–Trinajstić information content (AvgIpc) is 3.10. The third-order valence-electron chi connectivity index (χ3n) is 4.77. The number of hydrogen-bond donors (Lipinski definition) is 0. The third-order valence-corrected chi connectivity index (χ3v) is 5.02. The minimum atomic E-state index is -0.458. The zero-order chi connectivity index (χ0) is 21.1. The first-order chi connectivity index (χ1) is 14.6. The number of amides is 1. The first-order valence-corrected chi connectivity index (χ1v) is 9.72. The van der Waals surface area contributed by atoms with Gasteiger partial charge in [0.1, 0.15) is 0 Å². The molecule has 5 heteroatoms. The van der Waals surface area contributed by atoms with E-state index in [0.717, 1.165) is 11.1 Å². The van der Waals surface area contributed by atoms with Gasteiger partial charge in [-0.2, -0.15) is 0 Å². The Balaban J connectivity index is 1.82. The van der Waals surface area contributed by atoms with Crippen molar-refractivity contribution in [2.24, 2.45) is 0 Å². The summed E-state index contributed by atoms with van der Waals surface area (Å²) in [6.45, 7) is 0. The number of rotatable bonds is 4. The summed E-state index contributed by atoms with van der Waals surface area (Å²) >= 11 is 6.05. The van der Waals surface area contributed by atoms with Crippen molar-refractivity contribution in [2.75, 3.05) is 12.0 Å². The van der Waals surface area contributed by atoms with E-state index in [0.29, 0.717) is 27.5 Å². The molecule has 148 valence electrons. The number of carbonyl (C=O) groups is 2. The highest BCUT2D eigenvalue weighted by atomic mass is 35.5. The van der Waals surface area contributed by atoms with Crippen molar-refractivity contribution in [3.63, 3.8) is 0 Å². The normalized spacial score (nSPS) is 14.7. The van der Waals surface area contributed by atoms with Gasteiger partial charge in [-0.25, -0.2) is 4.79 Å². The SMILES string of the molecule is COC(=O)c1cccc(N2C(=O)/C(=C/c3ccccc3)C=C2c2ccc(Cl)cc2)c1. The van der Waals surface area contributed by atoms with Crippen LogP contribution in [0.1, 0.15) is 21.5 Å². The summed E-state index contributed by atoms with van der Waals surface area (Å²) in [7, 11) is 1.33. The Kier molecular flexibility index (Phi) is 5.50. The van der Waals surface area contributed by atoms with Gasteiger partial charge >= 0.3 is 5.97 Å². The molecule has 0 spiro atoms. The molecule has 0 aliphatic carbocycles. The largest absolute Gasteiger partial charge is 0.465 e. The Labute approximate surface area is 179 Å². The Morgan fingerprint density at radius 1 is 0.967 bits per heavy atom. The quantitative estimate of drug-likeness (QED) is 0.411. The van der Waals surface area contributed by atoms with Crippen molar-refractivity contribution in [3.8, 4) is 0 Å². The molecule has 0 bridgehead atoms. The van der Waals surface area contributed by atoms with Gasteiger partial charge in [-0.1, -0.05) is 60.1 Å². The molecule has 1 heterocycles. The maximum Gasteiger partial charge on any atom is 0.337 e. The molecule has 0 N–H and O–H groups in total. The van der Waals surface area contributed by atoms with Gasteiger partial charge in [0, 0.05) is 10.6 Å². The summed E-state index contributed by atoms with van der Waals surface area (Å²) < 4.78 is 4.82. The molecule has 1 aliphatic rings. The molecule has 3 aromatic carbocycles. The van der Waals surface area contributed by atoms with E-state index < -0.39 is 5.97 Å². The van der Waals surface area contributed by atoms with E-state index in [-0.39, 0.29) is 5.91 Å². The van der Waals surface area contributed by atoms with Crippen molar-refractivity contribution < 1.29 is 14.3 Å². The van der Waals surface area contributed by atoms with Crippen LogP contribution in [0.15, 0.2) is 90.5 Å². The van der Waals surface area contributed by atoms with Crippen LogP contribution in [-0.4, -0.2) is 19.0 Å².